The molecule has 6 heteroatoms. The van der Waals surface area contributed by atoms with Gasteiger partial charge < -0.3 is 14.6 Å². The number of nitrogens with one attached hydrogen (secondary N) is 1. The Hall–Kier alpha value is -2.37. The van der Waals surface area contributed by atoms with Crippen molar-refractivity contribution in [2.75, 3.05) is 6.61 Å². The highest BCUT2D eigenvalue weighted by Gasteiger charge is 2.11. The zero-order chi connectivity index (χ0) is 16.1. The van der Waals surface area contributed by atoms with Crippen LogP contribution in [0.15, 0.2) is 28.8 Å². The minimum absolute atomic E-state index is 0.00226. The van der Waals surface area contributed by atoms with Crippen LogP contribution in [-0.4, -0.2) is 28.7 Å². The van der Waals surface area contributed by atoms with Crippen molar-refractivity contribution in [3.05, 3.63) is 30.2 Å². The summed E-state index contributed by atoms with van der Waals surface area (Å²) < 4.78 is 10.4. The first-order valence-corrected chi connectivity index (χ1v) is 7.28. The normalized spacial score (nSPS) is 12.2. The molecule has 0 bridgehead atoms. The van der Waals surface area contributed by atoms with Gasteiger partial charge in [0.15, 0.2) is 6.61 Å². The Morgan fingerprint density at radius 1 is 1.27 bits per heavy atom. The average molecular weight is 303 g/mol. The fourth-order valence-corrected chi connectivity index (χ4v) is 1.73. The highest BCUT2D eigenvalue weighted by molar-refractivity contribution is 5.77. The van der Waals surface area contributed by atoms with E-state index < -0.39 is 0 Å². The zero-order valence-electron chi connectivity index (χ0n) is 13.3. The third kappa shape index (κ3) is 4.31. The summed E-state index contributed by atoms with van der Waals surface area (Å²) in [5.41, 5.74) is 0.835. The van der Waals surface area contributed by atoms with E-state index in [1.54, 1.807) is 19.1 Å². The molecule has 1 heterocycles. The van der Waals surface area contributed by atoms with Gasteiger partial charge in [-0.15, -0.1) is 0 Å². The number of hydrogen-bond donors (Lipinski definition) is 1. The van der Waals surface area contributed by atoms with Crippen molar-refractivity contribution in [3.63, 3.8) is 0 Å². The number of aromatic nitrogens is 2. The van der Waals surface area contributed by atoms with E-state index >= 15 is 0 Å². The van der Waals surface area contributed by atoms with Gasteiger partial charge in [-0.3, -0.25) is 4.79 Å². The molecule has 1 aromatic heterocycles. The van der Waals surface area contributed by atoms with Gasteiger partial charge in [0.2, 0.25) is 11.7 Å². The van der Waals surface area contributed by atoms with Crippen LogP contribution in [0.2, 0.25) is 0 Å². The van der Waals surface area contributed by atoms with E-state index in [1.165, 1.54) is 0 Å². The quantitative estimate of drug-likeness (QED) is 0.887. The molecular weight excluding hydrogens is 282 g/mol. The standard InChI is InChI=1S/C16H21N3O3/c1-10(2)11(3)17-15(20)9-21-14-7-5-13(6-8-14)16-18-12(4)22-19-16/h5-8,10-11H,9H2,1-4H3,(H,17,20)/t11-/m1/s1. The van der Waals surface area contributed by atoms with Gasteiger partial charge in [-0.25, -0.2) is 0 Å². The Labute approximate surface area is 129 Å². The van der Waals surface area contributed by atoms with Crippen molar-refractivity contribution in [2.24, 2.45) is 5.92 Å². The number of rotatable bonds is 6. The molecule has 2 aromatic rings. The summed E-state index contributed by atoms with van der Waals surface area (Å²) >= 11 is 0. The van der Waals surface area contributed by atoms with Crippen molar-refractivity contribution in [2.45, 2.75) is 33.7 Å². The summed E-state index contributed by atoms with van der Waals surface area (Å²) in [6, 6.07) is 7.34. The lowest BCUT2D eigenvalue weighted by Crippen LogP contribution is -2.38. The fraction of sp³-hybridized carbons (Fsp3) is 0.438. The summed E-state index contributed by atoms with van der Waals surface area (Å²) in [6.45, 7) is 7.83. The maximum absolute atomic E-state index is 11.8. The molecule has 0 aliphatic heterocycles. The summed E-state index contributed by atoms with van der Waals surface area (Å²) in [6.07, 6.45) is 0. The molecule has 1 aromatic carbocycles. The second-order valence-corrected chi connectivity index (χ2v) is 5.55. The fourth-order valence-electron chi connectivity index (χ4n) is 1.73. The van der Waals surface area contributed by atoms with E-state index in [0.717, 1.165) is 5.56 Å². The minimum atomic E-state index is -0.126. The van der Waals surface area contributed by atoms with Crippen molar-refractivity contribution in [1.82, 2.24) is 15.5 Å². The predicted molar refractivity (Wildman–Crippen MR) is 82.4 cm³/mol. The molecule has 0 radical (unpaired) electrons. The summed E-state index contributed by atoms with van der Waals surface area (Å²) in [5, 5.41) is 6.74. The van der Waals surface area contributed by atoms with Gasteiger partial charge in [0, 0.05) is 18.5 Å². The molecule has 1 amide bonds. The van der Waals surface area contributed by atoms with Gasteiger partial charge in [-0.2, -0.15) is 4.98 Å². The molecule has 0 unspecified atom stereocenters. The van der Waals surface area contributed by atoms with Gasteiger partial charge in [-0.1, -0.05) is 19.0 Å². The Balaban J connectivity index is 1.88. The third-order valence-electron chi connectivity index (χ3n) is 3.40. The Morgan fingerprint density at radius 3 is 2.50 bits per heavy atom. The SMILES string of the molecule is Cc1nc(-c2ccc(OCC(=O)N[C@H](C)C(C)C)cc2)no1. The minimum Gasteiger partial charge on any atom is -0.484 e. The number of carbonyl (C=O) groups is 1. The summed E-state index contributed by atoms with van der Waals surface area (Å²) in [5.74, 6) is 1.94. The molecule has 1 atom stereocenters. The van der Waals surface area contributed by atoms with Crippen LogP contribution in [0, 0.1) is 12.8 Å². The van der Waals surface area contributed by atoms with Crippen LogP contribution in [0.3, 0.4) is 0 Å². The molecular formula is C16H21N3O3. The lowest BCUT2D eigenvalue weighted by molar-refractivity contribution is -0.124. The maximum Gasteiger partial charge on any atom is 0.258 e. The molecule has 118 valence electrons. The number of nitrogens with zero attached hydrogens (tertiary/aromatic N) is 2. The average Bonchev–Trinajstić information content (AvgIpc) is 2.92. The van der Waals surface area contributed by atoms with E-state index in [0.29, 0.717) is 23.4 Å². The zero-order valence-corrected chi connectivity index (χ0v) is 13.3. The van der Waals surface area contributed by atoms with Gasteiger partial charge in [-0.05, 0) is 37.1 Å². The second-order valence-electron chi connectivity index (χ2n) is 5.55. The Kier molecular flexibility index (Phi) is 5.14. The largest absolute Gasteiger partial charge is 0.484 e. The number of amides is 1. The van der Waals surface area contributed by atoms with E-state index in [1.807, 2.05) is 19.1 Å². The van der Waals surface area contributed by atoms with Gasteiger partial charge in [0.05, 0.1) is 0 Å². The van der Waals surface area contributed by atoms with Crippen LogP contribution >= 0.6 is 0 Å². The van der Waals surface area contributed by atoms with Crippen molar-refractivity contribution < 1.29 is 14.1 Å². The molecule has 2 rings (SSSR count). The molecule has 6 nitrogen and oxygen atoms in total. The molecule has 0 aliphatic carbocycles. The van der Waals surface area contributed by atoms with E-state index in [9.17, 15) is 4.79 Å². The molecule has 22 heavy (non-hydrogen) atoms. The van der Waals surface area contributed by atoms with Crippen LogP contribution in [0.4, 0.5) is 0 Å². The van der Waals surface area contributed by atoms with Gasteiger partial charge in [0.1, 0.15) is 5.75 Å². The first-order valence-electron chi connectivity index (χ1n) is 7.28. The number of aryl methyl sites for hydroxylation is 1. The smallest absolute Gasteiger partial charge is 0.258 e. The van der Waals surface area contributed by atoms with E-state index in [4.69, 9.17) is 9.26 Å². The van der Waals surface area contributed by atoms with Gasteiger partial charge >= 0.3 is 0 Å². The molecule has 1 N–H and O–H groups in total. The number of carbonyl (C=O) groups excluding carboxylic acids is 1. The van der Waals surface area contributed by atoms with Crippen LogP contribution in [0.1, 0.15) is 26.7 Å². The molecule has 0 aliphatic rings. The number of ether oxygens (including phenoxy) is 1. The number of benzene rings is 1. The highest BCUT2D eigenvalue weighted by atomic mass is 16.5. The maximum atomic E-state index is 11.8. The van der Waals surface area contributed by atoms with Crippen LogP contribution < -0.4 is 10.1 Å². The molecule has 0 saturated carbocycles. The molecule has 0 saturated heterocycles. The molecule has 0 spiro atoms. The van der Waals surface area contributed by atoms with Crippen molar-refractivity contribution in [3.8, 4) is 17.1 Å². The summed E-state index contributed by atoms with van der Waals surface area (Å²) in [7, 11) is 0. The topological polar surface area (TPSA) is 77.2 Å². The third-order valence-corrected chi connectivity index (χ3v) is 3.40. The lowest BCUT2D eigenvalue weighted by Gasteiger charge is -2.17. The monoisotopic (exact) mass is 303 g/mol. The second kappa shape index (κ2) is 7.06. The Bertz CT molecular complexity index is 620. The predicted octanol–water partition coefficient (Wildman–Crippen LogP) is 2.58. The van der Waals surface area contributed by atoms with E-state index in [-0.39, 0.29) is 18.6 Å². The molecule has 0 fully saturated rings. The Morgan fingerprint density at radius 2 is 1.95 bits per heavy atom. The highest BCUT2D eigenvalue weighted by Crippen LogP contribution is 2.19. The van der Waals surface area contributed by atoms with Gasteiger partial charge in [0.25, 0.3) is 5.91 Å². The first-order chi connectivity index (χ1) is 10.5. The van der Waals surface area contributed by atoms with Crippen LogP contribution in [-0.2, 0) is 4.79 Å². The van der Waals surface area contributed by atoms with Crippen molar-refractivity contribution >= 4 is 5.91 Å². The summed E-state index contributed by atoms with van der Waals surface area (Å²) in [4.78, 5) is 15.9. The van der Waals surface area contributed by atoms with E-state index in [2.05, 4.69) is 29.3 Å². The lowest BCUT2D eigenvalue weighted by atomic mass is 10.1. The van der Waals surface area contributed by atoms with Crippen molar-refractivity contribution in [1.29, 1.82) is 0 Å². The van der Waals surface area contributed by atoms with Crippen LogP contribution in [0.5, 0.6) is 5.75 Å². The van der Waals surface area contributed by atoms with Crippen LogP contribution in [0.25, 0.3) is 11.4 Å². The number of hydrogen-bond acceptors (Lipinski definition) is 5. The first kappa shape index (κ1) is 16.0.